The van der Waals surface area contributed by atoms with Gasteiger partial charge in [-0.05, 0) is 48.4 Å². The molecule has 0 aliphatic heterocycles. The molecule has 0 atom stereocenters. The maximum absolute atomic E-state index is 11.9. The lowest BCUT2D eigenvalue weighted by Gasteiger charge is -2.06. The number of nitrogens with one attached hydrogen (secondary N) is 1. The number of amides is 1. The Labute approximate surface area is 124 Å². The van der Waals surface area contributed by atoms with Crippen LogP contribution in [0.1, 0.15) is 15.9 Å². The van der Waals surface area contributed by atoms with E-state index in [4.69, 9.17) is 4.74 Å². The molecule has 2 aromatic rings. The quantitative estimate of drug-likeness (QED) is 0.830. The second-order valence-corrected chi connectivity index (χ2v) is 4.92. The number of benzene rings is 2. The molecule has 20 heavy (non-hydrogen) atoms. The Morgan fingerprint density at radius 2 is 1.75 bits per heavy atom. The van der Waals surface area contributed by atoms with Gasteiger partial charge in [-0.2, -0.15) is 0 Å². The molecule has 104 valence electrons. The van der Waals surface area contributed by atoms with Gasteiger partial charge in [0.15, 0.2) is 0 Å². The Bertz CT molecular complexity index is 564. The fraction of sp³-hybridized carbons (Fsp3) is 0.188. The Kier molecular flexibility index (Phi) is 5.07. The molecule has 1 amide bonds. The number of methoxy groups -OCH3 is 1. The van der Waals surface area contributed by atoms with Crippen molar-refractivity contribution in [2.24, 2.45) is 0 Å². The van der Waals surface area contributed by atoms with E-state index < -0.39 is 0 Å². The van der Waals surface area contributed by atoms with E-state index in [2.05, 4.69) is 17.9 Å². The molecule has 2 rings (SSSR count). The summed E-state index contributed by atoms with van der Waals surface area (Å²) in [6.45, 7) is 0.605. The van der Waals surface area contributed by atoms with Crippen molar-refractivity contribution in [2.45, 2.75) is 11.3 Å². The molecule has 1 N–H and O–H groups in total. The molecule has 0 radical (unpaired) electrons. The molecule has 0 saturated heterocycles. The van der Waals surface area contributed by atoms with E-state index in [0.29, 0.717) is 12.1 Å². The van der Waals surface area contributed by atoms with Gasteiger partial charge in [-0.3, -0.25) is 4.79 Å². The molecule has 0 aliphatic carbocycles. The Morgan fingerprint density at radius 3 is 2.35 bits per heavy atom. The number of carbonyl (C=O) groups is 1. The van der Waals surface area contributed by atoms with E-state index in [-0.39, 0.29) is 5.91 Å². The van der Waals surface area contributed by atoms with Gasteiger partial charge in [0.1, 0.15) is 5.75 Å². The number of thiol groups is 1. The average Bonchev–Trinajstić information content (AvgIpc) is 2.48. The highest BCUT2D eigenvalue weighted by Gasteiger charge is 2.04. The minimum absolute atomic E-state index is 0.0631. The molecule has 0 fully saturated rings. The molecule has 0 aliphatic rings. The number of rotatable bonds is 5. The largest absolute Gasteiger partial charge is 0.497 e. The predicted octanol–water partition coefficient (Wildman–Crippen LogP) is 2.96. The zero-order valence-electron chi connectivity index (χ0n) is 11.3. The molecule has 0 saturated carbocycles. The SMILES string of the molecule is COc1ccc(CCNC(=O)c2ccc(S)cc2)cc1. The first-order valence-corrected chi connectivity index (χ1v) is 6.84. The third kappa shape index (κ3) is 4.03. The van der Waals surface area contributed by atoms with Gasteiger partial charge in [0, 0.05) is 17.0 Å². The summed E-state index contributed by atoms with van der Waals surface area (Å²) < 4.78 is 5.10. The number of carbonyl (C=O) groups excluding carboxylic acids is 1. The van der Waals surface area contributed by atoms with Crippen molar-refractivity contribution in [1.82, 2.24) is 5.32 Å². The maximum atomic E-state index is 11.9. The normalized spacial score (nSPS) is 10.1. The highest BCUT2D eigenvalue weighted by atomic mass is 32.1. The monoisotopic (exact) mass is 287 g/mol. The van der Waals surface area contributed by atoms with Crippen LogP contribution in [0.25, 0.3) is 0 Å². The van der Waals surface area contributed by atoms with Crippen molar-refractivity contribution in [3.63, 3.8) is 0 Å². The van der Waals surface area contributed by atoms with Crippen molar-refractivity contribution in [3.05, 3.63) is 59.7 Å². The van der Waals surface area contributed by atoms with Crippen LogP contribution in [0.3, 0.4) is 0 Å². The molecular formula is C16H17NO2S. The van der Waals surface area contributed by atoms with Crippen LogP contribution in [0.4, 0.5) is 0 Å². The van der Waals surface area contributed by atoms with Gasteiger partial charge < -0.3 is 10.1 Å². The molecule has 3 nitrogen and oxygen atoms in total. The van der Waals surface area contributed by atoms with E-state index in [0.717, 1.165) is 22.6 Å². The summed E-state index contributed by atoms with van der Waals surface area (Å²) in [7, 11) is 1.64. The molecule has 0 aromatic heterocycles. The summed E-state index contributed by atoms with van der Waals surface area (Å²) >= 11 is 4.19. The minimum Gasteiger partial charge on any atom is -0.497 e. The zero-order valence-corrected chi connectivity index (χ0v) is 12.2. The van der Waals surface area contributed by atoms with E-state index in [1.54, 1.807) is 19.2 Å². The highest BCUT2D eigenvalue weighted by molar-refractivity contribution is 7.80. The first kappa shape index (κ1) is 14.5. The zero-order chi connectivity index (χ0) is 14.4. The van der Waals surface area contributed by atoms with Crippen LogP contribution in [0.15, 0.2) is 53.4 Å². The summed E-state index contributed by atoms with van der Waals surface area (Å²) in [6, 6.07) is 15.0. The smallest absolute Gasteiger partial charge is 0.251 e. The van der Waals surface area contributed by atoms with Crippen LogP contribution in [-0.4, -0.2) is 19.6 Å². The van der Waals surface area contributed by atoms with Crippen LogP contribution in [0, 0.1) is 0 Å². The van der Waals surface area contributed by atoms with Crippen LogP contribution < -0.4 is 10.1 Å². The van der Waals surface area contributed by atoms with Crippen molar-refractivity contribution in [1.29, 1.82) is 0 Å². The molecule has 2 aromatic carbocycles. The molecule has 4 heteroatoms. The number of ether oxygens (including phenoxy) is 1. The highest BCUT2D eigenvalue weighted by Crippen LogP contribution is 2.11. The lowest BCUT2D eigenvalue weighted by atomic mass is 10.1. The fourth-order valence-electron chi connectivity index (χ4n) is 1.83. The van der Waals surface area contributed by atoms with Crippen molar-refractivity contribution in [3.8, 4) is 5.75 Å². The second-order valence-electron chi connectivity index (χ2n) is 4.40. The second kappa shape index (κ2) is 7.01. The minimum atomic E-state index is -0.0631. The first-order chi connectivity index (χ1) is 9.69. The van der Waals surface area contributed by atoms with Gasteiger partial charge in [-0.1, -0.05) is 12.1 Å². The van der Waals surface area contributed by atoms with Gasteiger partial charge in [0.25, 0.3) is 5.91 Å². The predicted molar refractivity (Wildman–Crippen MR) is 82.7 cm³/mol. The van der Waals surface area contributed by atoms with Crippen LogP contribution in [0.2, 0.25) is 0 Å². The summed E-state index contributed by atoms with van der Waals surface area (Å²) in [5.74, 6) is 0.775. The van der Waals surface area contributed by atoms with Gasteiger partial charge in [0.05, 0.1) is 7.11 Å². The van der Waals surface area contributed by atoms with E-state index in [9.17, 15) is 4.79 Å². The van der Waals surface area contributed by atoms with Gasteiger partial charge >= 0.3 is 0 Å². The molecular weight excluding hydrogens is 270 g/mol. The summed E-state index contributed by atoms with van der Waals surface area (Å²) in [4.78, 5) is 12.7. The Hall–Kier alpha value is -1.94. The lowest BCUT2D eigenvalue weighted by molar-refractivity contribution is 0.0954. The first-order valence-electron chi connectivity index (χ1n) is 6.39. The lowest BCUT2D eigenvalue weighted by Crippen LogP contribution is -2.25. The average molecular weight is 287 g/mol. The van der Waals surface area contributed by atoms with E-state index >= 15 is 0 Å². The van der Waals surface area contributed by atoms with Crippen LogP contribution in [0.5, 0.6) is 5.75 Å². The molecule has 0 heterocycles. The topological polar surface area (TPSA) is 38.3 Å². The van der Waals surface area contributed by atoms with Crippen molar-refractivity contribution >= 4 is 18.5 Å². The Balaban J connectivity index is 1.82. The third-order valence-corrected chi connectivity index (χ3v) is 3.29. The fourth-order valence-corrected chi connectivity index (χ4v) is 1.98. The molecule has 0 bridgehead atoms. The number of hydrogen-bond acceptors (Lipinski definition) is 3. The molecule has 0 spiro atoms. The maximum Gasteiger partial charge on any atom is 0.251 e. The van der Waals surface area contributed by atoms with E-state index in [1.165, 1.54) is 0 Å². The van der Waals surface area contributed by atoms with E-state index in [1.807, 2.05) is 36.4 Å². The summed E-state index contributed by atoms with van der Waals surface area (Å²) in [5, 5.41) is 2.90. The third-order valence-electron chi connectivity index (χ3n) is 2.99. The van der Waals surface area contributed by atoms with Crippen molar-refractivity contribution < 1.29 is 9.53 Å². The van der Waals surface area contributed by atoms with Crippen LogP contribution >= 0.6 is 12.6 Å². The van der Waals surface area contributed by atoms with Crippen molar-refractivity contribution in [2.75, 3.05) is 13.7 Å². The van der Waals surface area contributed by atoms with Gasteiger partial charge in [0.2, 0.25) is 0 Å². The Morgan fingerprint density at radius 1 is 1.10 bits per heavy atom. The van der Waals surface area contributed by atoms with Gasteiger partial charge in [-0.25, -0.2) is 0 Å². The summed E-state index contributed by atoms with van der Waals surface area (Å²) in [6.07, 6.45) is 0.792. The summed E-state index contributed by atoms with van der Waals surface area (Å²) in [5.41, 5.74) is 1.81. The van der Waals surface area contributed by atoms with Crippen LogP contribution in [-0.2, 0) is 6.42 Å². The number of hydrogen-bond donors (Lipinski definition) is 2. The standard InChI is InChI=1S/C16H17NO2S/c1-19-14-6-2-12(3-7-14)10-11-17-16(18)13-4-8-15(20)9-5-13/h2-9,20H,10-11H2,1H3,(H,17,18). The molecule has 0 unspecified atom stereocenters. The van der Waals surface area contributed by atoms with Gasteiger partial charge in [-0.15, -0.1) is 12.6 Å².